The summed E-state index contributed by atoms with van der Waals surface area (Å²) in [6.07, 6.45) is 2.28. The van der Waals surface area contributed by atoms with Crippen molar-refractivity contribution in [3.8, 4) is 0 Å². The van der Waals surface area contributed by atoms with E-state index in [0.717, 1.165) is 35.6 Å². The molecular formula is C17H19NOS2. The second-order valence-corrected chi connectivity index (χ2v) is 7.31. The molecule has 3 rings (SSSR count). The van der Waals surface area contributed by atoms with E-state index in [1.54, 1.807) is 23.1 Å². The van der Waals surface area contributed by atoms with Gasteiger partial charge in [0.15, 0.2) is 0 Å². The van der Waals surface area contributed by atoms with Crippen molar-refractivity contribution in [3.63, 3.8) is 0 Å². The molecule has 0 radical (unpaired) electrons. The second-order valence-electron chi connectivity index (χ2n) is 5.22. The third kappa shape index (κ3) is 3.50. The molecule has 21 heavy (non-hydrogen) atoms. The Kier molecular flexibility index (Phi) is 4.66. The van der Waals surface area contributed by atoms with Gasteiger partial charge in [0.1, 0.15) is 0 Å². The van der Waals surface area contributed by atoms with Gasteiger partial charge in [-0.15, -0.1) is 11.8 Å². The van der Waals surface area contributed by atoms with E-state index < -0.39 is 0 Å². The molecule has 110 valence electrons. The van der Waals surface area contributed by atoms with Crippen LogP contribution in [0.2, 0.25) is 0 Å². The van der Waals surface area contributed by atoms with Gasteiger partial charge in [-0.25, -0.2) is 0 Å². The van der Waals surface area contributed by atoms with E-state index >= 15 is 0 Å². The van der Waals surface area contributed by atoms with Crippen LogP contribution in [-0.4, -0.2) is 22.6 Å². The van der Waals surface area contributed by atoms with Gasteiger partial charge in [-0.1, -0.05) is 19.1 Å². The standard InChI is InChI=1S/C17H19NOS2/c1-2-21-16-6-4-3-5-15(16)17(19)18(14-7-8-14)11-13-9-10-20-12-13/h3-6,9-10,12,14H,2,7-8,11H2,1H3. The van der Waals surface area contributed by atoms with Crippen LogP contribution in [0.5, 0.6) is 0 Å². The highest BCUT2D eigenvalue weighted by Gasteiger charge is 2.33. The number of hydrogen-bond donors (Lipinski definition) is 0. The number of amides is 1. The van der Waals surface area contributed by atoms with E-state index in [4.69, 9.17) is 0 Å². The molecule has 0 bridgehead atoms. The number of benzene rings is 1. The third-order valence-electron chi connectivity index (χ3n) is 3.60. The van der Waals surface area contributed by atoms with E-state index in [9.17, 15) is 4.79 Å². The Morgan fingerprint density at radius 2 is 2.14 bits per heavy atom. The fourth-order valence-corrected chi connectivity index (χ4v) is 3.87. The van der Waals surface area contributed by atoms with E-state index in [2.05, 4.69) is 34.7 Å². The maximum atomic E-state index is 13.0. The maximum absolute atomic E-state index is 13.0. The molecule has 0 unspecified atom stereocenters. The fraction of sp³-hybridized carbons (Fsp3) is 0.353. The summed E-state index contributed by atoms with van der Waals surface area (Å²) in [5.74, 6) is 1.17. The molecule has 1 fully saturated rings. The molecule has 2 aromatic rings. The molecule has 0 N–H and O–H groups in total. The Morgan fingerprint density at radius 3 is 2.81 bits per heavy atom. The van der Waals surface area contributed by atoms with Gasteiger partial charge in [-0.2, -0.15) is 11.3 Å². The molecule has 0 spiro atoms. The summed E-state index contributed by atoms with van der Waals surface area (Å²) in [5, 5.41) is 4.21. The first-order valence-electron chi connectivity index (χ1n) is 7.33. The summed E-state index contributed by atoms with van der Waals surface area (Å²) in [6.45, 7) is 2.86. The average Bonchev–Trinajstić information content (AvgIpc) is 3.21. The zero-order valence-corrected chi connectivity index (χ0v) is 13.8. The minimum absolute atomic E-state index is 0.181. The summed E-state index contributed by atoms with van der Waals surface area (Å²) in [6, 6.07) is 10.5. The monoisotopic (exact) mass is 317 g/mol. The maximum Gasteiger partial charge on any atom is 0.255 e. The quantitative estimate of drug-likeness (QED) is 0.722. The molecule has 1 aromatic heterocycles. The molecule has 0 saturated heterocycles. The van der Waals surface area contributed by atoms with E-state index in [1.807, 2.05) is 18.2 Å². The predicted molar refractivity (Wildman–Crippen MR) is 90.1 cm³/mol. The summed E-state index contributed by atoms with van der Waals surface area (Å²) in [7, 11) is 0. The molecule has 1 saturated carbocycles. The van der Waals surface area contributed by atoms with Crippen LogP contribution >= 0.6 is 23.1 Å². The number of rotatable bonds is 6. The molecule has 2 nitrogen and oxygen atoms in total. The summed E-state index contributed by atoms with van der Waals surface area (Å²) in [4.78, 5) is 16.1. The highest BCUT2D eigenvalue weighted by atomic mass is 32.2. The molecule has 1 aliphatic rings. The third-order valence-corrected chi connectivity index (χ3v) is 5.29. The van der Waals surface area contributed by atoms with Crippen LogP contribution in [0.4, 0.5) is 0 Å². The van der Waals surface area contributed by atoms with Gasteiger partial charge in [-0.3, -0.25) is 4.79 Å². The lowest BCUT2D eigenvalue weighted by atomic mass is 10.2. The van der Waals surface area contributed by atoms with Gasteiger partial charge >= 0.3 is 0 Å². The lowest BCUT2D eigenvalue weighted by molar-refractivity contribution is 0.0726. The van der Waals surface area contributed by atoms with Gasteiger partial charge < -0.3 is 4.90 Å². The zero-order valence-electron chi connectivity index (χ0n) is 12.1. The van der Waals surface area contributed by atoms with Crippen LogP contribution in [0.3, 0.4) is 0 Å². The topological polar surface area (TPSA) is 20.3 Å². The molecular weight excluding hydrogens is 298 g/mol. The van der Waals surface area contributed by atoms with Crippen molar-refractivity contribution in [2.24, 2.45) is 0 Å². The number of thiophene rings is 1. The van der Waals surface area contributed by atoms with Crippen molar-refractivity contribution in [2.45, 2.75) is 37.2 Å². The first kappa shape index (κ1) is 14.7. The molecule has 1 aromatic carbocycles. The highest BCUT2D eigenvalue weighted by molar-refractivity contribution is 7.99. The Hall–Kier alpha value is -1.26. The minimum Gasteiger partial charge on any atom is -0.331 e. The van der Waals surface area contributed by atoms with Crippen molar-refractivity contribution < 1.29 is 4.79 Å². The van der Waals surface area contributed by atoms with Gasteiger partial charge in [-0.05, 0) is 53.1 Å². The fourth-order valence-electron chi connectivity index (χ4n) is 2.41. The molecule has 1 aliphatic carbocycles. The Labute approximate surface area is 134 Å². The summed E-state index contributed by atoms with van der Waals surface area (Å²) < 4.78 is 0. The number of carbonyl (C=O) groups excluding carboxylic acids is 1. The lowest BCUT2D eigenvalue weighted by Gasteiger charge is -2.23. The van der Waals surface area contributed by atoms with Crippen molar-refractivity contribution in [3.05, 3.63) is 52.2 Å². The Balaban J connectivity index is 1.84. The number of nitrogens with zero attached hydrogens (tertiary/aromatic N) is 1. The van der Waals surface area contributed by atoms with E-state index in [0.29, 0.717) is 6.04 Å². The van der Waals surface area contributed by atoms with Crippen LogP contribution in [0.1, 0.15) is 35.7 Å². The largest absolute Gasteiger partial charge is 0.331 e. The Morgan fingerprint density at radius 1 is 1.33 bits per heavy atom. The van der Waals surface area contributed by atoms with Crippen molar-refractivity contribution in [1.29, 1.82) is 0 Å². The summed E-state index contributed by atoms with van der Waals surface area (Å²) in [5.41, 5.74) is 2.09. The van der Waals surface area contributed by atoms with Crippen LogP contribution in [0.25, 0.3) is 0 Å². The van der Waals surface area contributed by atoms with Crippen LogP contribution in [0, 0.1) is 0 Å². The first-order chi connectivity index (χ1) is 10.3. The van der Waals surface area contributed by atoms with Crippen molar-refractivity contribution in [2.75, 3.05) is 5.75 Å². The molecule has 1 heterocycles. The number of carbonyl (C=O) groups is 1. The molecule has 0 aliphatic heterocycles. The normalized spacial score (nSPS) is 14.1. The van der Waals surface area contributed by atoms with Crippen LogP contribution in [-0.2, 0) is 6.54 Å². The molecule has 0 atom stereocenters. The molecule has 1 amide bonds. The van der Waals surface area contributed by atoms with Gasteiger partial charge in [0.2, 0.25) is 0 Å². The number of hydrogen-bond acceptors (Lipinski definition) is 3. The Bertz CT molecular complexity index is 605. The smallest absolute Gasteiger partial charge is 0.255 e. The SMILES string of the molecule is CCSc1ccccc1C(=O)N(Cc1ccsc1)C1CC1. The van der Waals surface area contributed by atoms with Crippen LogP contribution in [0.15, 0.2) is 46.0 Å². The number of thioether (sulfide) groups is 1. The van der Waals surface area contributed by atoms with Gasteiger partial charge in [0, 0.05) is 17.5 Å². The lowest BCUT2D eigenvalue weighted by Crippen LogP contribution is -2.32. The van der Waals surface area contributed by atoms with Gasteiger partial charge in [0.05, 0.1) is 5.56 Å². The summed E-state index contributed by atoms with van der Waals surface area (Å²) >= 11 is 3.43. The van der Waals surface area contributed by atoms with Crippen molar-refractivity contribution >= 4 is 29.0 Å². The van der Waals surface area contributed by atoms with E-state index in [-0.39, 0.29) is 5.91 Å². The molecule has 4 heteroatoms. The average molecular weight is 317 g/mol. The predicted octanol–water partition coefficient (Wildman–Crippen LogP) is 4.66. The zero-order chi connectivity index (χ0) is 14.7. The van der Waals surface area contributed by atoms with Crippen molar-refractivity contribution in [1.82, 2.24) is 4.90 Å². The minimum atomic E-state index is 0.181. The highest BCUT2D eigenvalue weighted by Crippen LogP contribution is 2.32. The van der Waals surface area contributed by atoms with E-state index in [1.165, 1.54) is 5.56 Å². The second kappa shape index (κ2) is 6.67. The van der Waals surface area contributed by atoms with Gasteiger partial charge in [0.25, 0.3) is 5.91 Å². The van der Waals surface area contributed by atoms with Crippen LogP contribution < -0.4 is 0 Å². The first-order valence-corrected chi connectivity index (χ1v) is 9.26.